The summed E-state index contributed by atoms with van der Waals surface area (Å²) in [6.45, 7) is 4.65. The highest BCUT2D eigenvalue weighted by atomic mass is 32.2. The molecule has 0 fully saturated rings. The van der Waals surface area contributed by atoms with E-state index < -0.39 is 11.9 Å². The normalized spacial score (nSPS) is 17.5. The minimum Gasteiger partial charge on any atom is -0.268 e. The molecular formula is C17H20F3N3S. The van der Waals surface area contributed by atoms with Crippen LogP contribution in [-0.4, -0.2) is 21.1 Å². The smallest absolute Gasteiger partial charge is 0.268 e. The van der Waals surface area contributed by atoms with Gasteiger partial charge in [-0.1, -0.05) is 44.0 Å². The van der Waals surface area contributed by atoms with Crippen LogP contribution in [0.25, 0.3) is 0 Å². The SMILES string of the molecule is CC(C)SN[C@H]1Cc2ccc(Cn3ccc(C(F)(F)F)n3)cc2C1. The van der Waals surface area contributed by atoms with Crippen LogP contribution in [0.5, 0.6) is 0 Å². The van der Waals surface area contributed by atoms with Gasteiger partial charge >= 0.3 is 6.18 Å². The second-order valence-corrected chi connectivity index (χ2v) is 7.80. The van der Waals surface area contributed by atoms with Crippen LogP contribution in [0.4, 0.5) is 13.2 Å². The lowest BCUT2D eigenvalue weighted by atomic mass is 10.1. The first kappa shape index (κ1) is 17.4. The van der Waals surface area contributed by atoms with Gasteiger partial charge in [-0.05, 0) is 35.6 Å². The Morgan fingerprint density at radius 3 is 2.67 bits per heavy atom. The fraction of sp³-hybridized carbons (Fsp3) is 0.471. The molecule has 7 heteroatoms. The molecule has 0 unspecified atom stereocenters. The molecule has 1 heterocycles. The minimum absolute atomic E-state index is 0.349. The molecule has 0 bridgehead atoms. The molecule has 1 aromatic heterocycles. The highest BCUT2D eigenvalue weighted by molar-refractivity contribution is 7.98. The Bertz CT molecular complexity index is 709. The Morgan fingerprint density at radius 2 is 2.00 bits per heavy atom. The van der Waals surface area contributed by atoms with E-state index in [4.69, 9.17) is 0 Å². The van der Waals surface area contributed by atoms with Crippen molar-refractivity contribution >= 4 is 11.9 Å². The Kier molecular flexibility index (Phi) is 4.92. The summed E-state index contributed by atoms with van der Waals surface area (Å²) < 4.78 is 42.7. The summed E-state index contributed by atoms with van der Waals surface area (Å²) in [5, 5.41) is 4.14. The average Bonchev–Trinajstić information content (AvgIpc) is 3.10. The van der Waals surface area contributed by atoms with Gasteiger partial charge in [0.2, 0.25) is 0 Å². The maximum Gasteiger partial charge on any atom is 0.435 e. The summed E-state index contributed by atoms with van der Waals surface area (Å²) >= 11 is 1.74. The summed E-state index contributed by atoms with van der Waals surface area (Å²) in [5.74, 6) is 0. The molecule has 24 heavy (non-hydrogen) atoms. The number of alkyl halides is 3. The maximum absolute atomic E-state index is 12.6. The number of fused-ring (bicyclic) bond motifs is 1. The summed E-state index contributed by atoms with van der Waals surface area (Å²) in [6, 6.07) is 7.58. The van der Waals surface area contributed by atoms with Crippen LogP contribution in [0, 0.1) is 0 Å². The number of nitrogens with zero attached hydrogens (tertiary/aromatic N) is 2. The van der Waals surface area contributed by atoms with Crippen molar-refractivity contribution in [3.63, 3.8) is 0 Å². The monoisotopic (exact) mass is 355 g/mol. The van der Waals surface area contributed by atoms with Gasteiger partial charge in [-0.2, -0.15) is 18.3 Å². The summed E-state index contributed by atoms with van der Waals surface area (Å²) in [5.41, 5.74) is 2.72. The topological polar surface area (TPSA) is 29.9 Å². The quantitative estimate of drug-likeness (QED) is 0.820. The van der Waals surface area contributed by atoms with E-state index in [2.05, 4.69) is 35.8 Å². The number of hydrogen-bond acceptors (Lipinski definition) is 3. The Hall–Kier alpha value is -1.47. The van der Waals surface area contributed by atoms with Crippen molar-refractivity contribution in [1.29, 1.82) is 0 Å². The first-order chi connectivity index (χ1) is 11.3. The van der Waals surface area contributed by atoms with Gasteiger partial charge < -0.3 is 0 Å². The van der Waals surface area contributed by atoms with Gasteiger partial charge in [0, 0.05) is 17.5 Å². The van der Waals surface area contributed by atoms with Crippen molar-refractivity contribution in [1.82, 2.24) is 14.5 Å². The van der Waals surface area contributed by atoms with Crippen molar-refractivity contribution in [2.24, 2.45) is 0 Å². The van der Waals surface area contributed by atoms with E-state index in [9.17, 15) is 13.2 Å². The first-order valence-corrected chi connectivity index (χ1v) is 8.82. The molecule has 1 aromatic carbocycles. The van der Waals surface area contributed by atoms with E-state index in [1.807, 2.05) is 6.07 Å². The van der Waals surface area contributed by atoms with Crippen molar-refractivity contribution in [3.8, 4) is 0 Å². The Morgan fingerprint density at radius 1 is 1.25 bits per heavy atom. The number of aromatic nitrogens is 2. The molecule has 130 valence electrons. The molecule has 0 radical (unpaired) electrons. The van der Waals surface area contributed by atoms with Gasteiger partial charge in [0.1, 0.15) is 0 Å². The molecule has 0 saturated heterocycles. The summed E-state index contributed by atoms with van der Waals surface area (Å²) in [7, 11) is 0. The molecule has 2 aromatic rings. The molecule has 0 saturated carbocycles. The van der Waals surface area contributed by atoms with Crippen molar-refractivity contribution in [2.45, 2.75) is 50.7 Å². The number of rotatable bonds is 5. The van der Waals surface area contributed by atoms with E-state index in [0.717, 1.165) is 24.5 Å². The summed E-state index contributed by atoms with van der Waals surface area (Å²) in [6.07, 6.45) is -1.07. The average molecular weight is 355 g/mol. The van der Waals surface area contributed by atoms with E-state index in [-0.39, 0.29) is 0 Å². The number of hydrogen-bond donors (Lipinski definition) is 1. The lowest BCUT2D eigenvalue weighted by Gasteiger charge is -2.12. The molecule has 1 N–H and O–H groups in total. The number of halogens is 3. The van der Waals surface area contributed by atoms with Gasteiger partial charge in [-0.25, -0.2) is 0 Å². The van der Waals surface area contributed by atoms with Crippen LogP contribution in [0.1, 0.15) is 36.2 Å². The molecule has 0 aliphatic heterocycles. The molecule has 3 rings (SSSR count). The van der Waals surface area contributed by atoms with E-state index in [0.29, 0.717) is 17.8 Å². The van der Waals surface area contributed by atoms with Crippen LogP contribution in [0.15, 0.2) is 30.5 Å². The van der Waals surface area contributed by atoms with Crippen LogP contribution in [-0.2, 0) is 25.6 Å². The second-order valence-electron chi connectivity index (χ2n) is 6.39. The third-order valence-corrected chi connectivity index (χ3v) is 4.89. The first-order valence-electron chi connectivity index (χ1n) is 7.94. The van der Waals surface area contributed by atoms with Gasteiger partial charge in [0.05, 0.1) is 6.54 Å². The molecule has 0 amide bonds. The molecule has 1 aliphatic rings. The zero-order valence-electron chi connectivity index (χ0n) is 13.6. The largest absolute Gasteiger partial charge is 0.435 e. The molecule has 0 spiro atoms. The number of benzene rings is 1. The fourth-order valence-electron chi connectivity index (χ4n) is 2.87. The van der Waals surface area contributed by atoms with Crippen LogP contribution in [0.2, 0.25) is 0 Å². The zero-order valence-corrected chi connectivity index (χ0v) is 14.4. The maximum atomic E-state index is 12.6. The third-order valence-electron chi connectivity index (χ3n) is 3.95. The molecule has 1 atom stereocenters. The van der Waals surface area contributed by atoms with E-state index in [1.165, 1.54) is 22.0 Å². The van der Waals surface area contributed by atoms with Crippen molar-refractivity contribution in [2.75, 3.05) is 0 Å². The van der Waals surface area contributed by atoms with E-state index >= 15 is 0 Å². The zero-order chi connectivity index (χ0) is 17.3. The third kappa shape index (κ3) is 4.13. The number of nitrogens with one attached hydrogen (secondary N) is 1. The molecular weight excluding hydrogens is 335 g/mol. The predicted octanol–water partition coefficient (Wildman–Crippen LogP) is 4.06. The van der Waals surface area contributed by atoms with Crippen LogP contribution >= 0.6 is 11.9 Å². The molecule has 1 aliphatic carbocycles. The van der Waals surface area contributed by atoms with Gasteiger partial charge in [0.15, 0.2) is 5.69 Å². The van der Waals surface area contributed by atoms with Crippen LogP contribution in [0.3, 0.4) is 0 Å². The Balaban J connectivity index is 1.66. The van der Waals surface area contributed by atoms with Crippen molar-refractivity contribution in [3.05, 3.63) is 52.8 Å². The highest BCUT2D eigenvalue weighted by Crippen LogP contribution is 2.28. The van der Waals surface area contributed by atoms with Gasteiger partial charge in [-0.3, -0.25) is 9.40 Å². The fourth-order valence-corrected chi connectivity index (χ4v) is 3.50. The van der Waals surface area contributed by atoms with Crippen LogP contribution < -0.4 is 4.72 Å². The standard InChI is InChI=1S/C17H20F3N3S/c1-11(2)24-22-15-8-13-4-3-12(7-14(13)9-15)10-23-6-5-16(21-23)17(18,19)20/h3-7,11,15,22H,8-10H2,1-2H3/t15-/m0/s1. The van der Waals surface area contributed by atoms with Crippen molar-refractivity contribution < 1.29 is 13.2 Å². The predicted molar refractivity (Wildman–Crippen MR) is 89.8 cm³/mol. The minimum atomic E-state index is -4.39. The molecule has 3 nitrogen and oxygen atoms in total. The lowest BCUT2D eigenvalue weighted by Crippen LogP contribution is -2.24. The highest BCUT2D eigenvalue weighted by Gasteiger charge is 2.33. The lowest BCUT2D eigenvalue weighted by molar-refractivity contribution is -0.141. The summed E-state index contributed by atoms with van der Waals surface area (Å²) in [4.78, 5) is 0. The Labute approximate surface area is 143 Å². The second kappa shape index (κ2) is 6.80. The van der Waals surface area contributed by atoms with Gasteiger partial charge in [0.25, 0.3) is 0 Å². The van der Waals surface area contributed by atoms with E-state index in [1.54, 1.807) is 11.9 Å². The van der Waals surface area contributed by atoms with Gasteiger partial charge in [-0.15, -0.1) is 0 Å².